The van der Waals surface area contributed by atoms with Gasteiger partial charge in [0.1, 0.15) is 11.8 Å². The van der Waals surface area contributed by atoms with E-state index in [1.54, 1.807) is 19.1 Å². The molecule has 1 aromatic rings. The van der Waals surface area contributed by atoms with Gasteiger partial charge in [-0.05, 0) is 25.5 Å². The molecule has 0 aliphatic carbocycles. The number of halogens is 1. The maximum Gasteiger partial charge on any atom is 0.347 e. The van der Waals surface area contributed by atoms with E-state index in [4.69, 9.17) is 26.3 Å². The lowest BCUT2D eigenvalue weighted by atomic mass is 10.2. The van der Waals surface area contributed by atoms with Crippen LogP contribution in [0.2, 0.25) is 5.02 Å². The molecule has 0 saturated carbocycles. The summed E-state index contributed by atoms with van der Waals surface area (Å²) >= 11 is 5.91. The topological polar surface area (TPSA) is 59.3 Å². The molecule has 0 bridgehead atoms. The van der Waals surface area contributed by atoms with Crippen LogP contribution in [0.15, 0.2) is 18.2 Å². The van der Waals surface area contributed by atoms with Gasteiger partial charge in [0.15, 0.2) is 6.10 Å². The van der Waals surface area contributed by atoms with E-state index in [9.17, 15) is 4.79 Å². The average Bonchev–Trinajstić information content (AvgIpc) is 2.39. The van der Waals surface area contributed by atoms with Crippen molar-refractivity contribution in [3.05, 3.63) is 28.8 Å². The van der Waals surface area contributed by atoms with Gasteiger partial charge in [0.25, 0.3) is 0 Å². The molecule has 0 spiro atoms. The number of ether oxygens (including phenoxy) is 2. The van der Waals surface area contributed by atoms with Gasteiger partial charge in [-0.1, -0.05) is 24.9 Å². The first-order valence-electron chi connectivity index (χ1n) is 6.15. The molecule has 19 heavy (non-hydrogen) atoms. The summed E-state index contributed by atoms with van der Waals surface area (Å²) in [5.41, 5.74) is 0.372. The molecule has 0 radical (unpaired) electrons. The molecule has 4 nitrogen and oxygen atoms in total. The molecule has 0 amide bonds. The largest absolute Gasteiger partial charge is 0.479 e. The molecule has 1 aromatic carbocycles. The molecular formula is C14H16ClNO3. The zero-order valence-electron chi connectivity index (χ0n) is 11.0. The Morgan fingerprint density at radius 2 is 2.21 bits per heavy atom. The van der Waals surface area contributed by atoms with Crippen LogP contribution in [0.4, 0.5) is 0 Å². The van der Waals surface area contributed by atoms with Crippen LogP contribution in [0.25, 0.3) is 0 Å². The highest BCUT2D eigenvalue weighted by Gasteiger charge is 2.21. The third kappa shape index (κ3) is 4.46. The number of benzene rings is 1. The van der Waals surface area contributed by atoms with Crippen molar-refractivity contribution in [2.24, 2.45) is 0 Å². The van der Waals surface area contributed by atoms with Crippen LogP contribution in [0, 0.1) is 11.3 Å². The summed E-state index contributed by atoms with van der Waals surface area (Å²) < 4.78 is 10.5. The van der Waals surface area contributed by atoms with E-state index in [1.807, 2.05) is 13.0 Å². The molecule has 0 N–H and O–H groups in total. The number of hydrogen-bond donors (Lipinski definition) is 0. The lowest BCUT2D eigenvalue weighted by Crippen LogP contribution is -2.29. The number of carbonyl (C=O) groups excluding carboxylic acids is 1. The van der Waals surface area contributed by atoms with E-state index < -0.39 is 6.10 Å². The third-order valence-corrected chi connectivity index (χ3v) is 2.75. The molecule has 1 unspecified atom stereocenters. The maximum atomic E-state index is 11.7. The number of rotatable bonds is 6. The Bertz CT molecular complexity index is 482. The minimum absolute atomic E-state index is 0.305. The summed E-state index contributed by atoms with van der Waals surface area (Å²) in [5, 5.41) is 9.09. The lowest BCUT2D eigenvalue weighted by Gasteiger charge is -2.17. The Hall–Kier alpha value is -1.73. The van der Waals surface area contributed by atoms with Crippen LogP contribution in [0.5, 0.6) is 5.75 Å². The van der Waals surface area contributed by atoms with Gasteiger partial charge in [-0.25, -0.2) is 4.79 Å². The lowest BCUT2D eigenvalue weighted by molar-refractivity contribution is -0.151. The highest BCUT2D eigenvalue weighted by atomic mass is 35.5. The van der Waals surface area contributed by atoms with Crippen LogP contribution in [0.3, 0.4) is 0 Å². The molecule has 5 heteroatoms. The highest BCUT2D eigenvalue weighted by molar-refractivity contribution is 6.31. The maximum absolute atomic E-state index is 11.7. The normalized spacial score (nSPS) is 11.5. The van der Waals surface area contributed by atoms with Crippen molar-refractivity contribution in [2.75, 3.05) is 6.61 Å². The third-order valence-electron chi connectivity index (χ3n) is 2.44. The summed E-state index contributed by atoms with van der Waals surface area (Å²) in [4.78, 5) is 11.7. The number of nitriles is 1. The smallest absolute Gasteiger partial charge is 0.347 e. The first-order chi connectivity index (χ1) is 9.12. The zero-order chi connectivity index (χ0) is 14.3. The van der Waals surface area contributed by atoms with Crippen LogP contribution in [0.1, 0.15) is 32.3 Å². The molecule has 102 valence electrons. The second-order valence-corrected chi connectivity index (χ2v) is 4.31. The molecule has 0 aromatic heterocycles. The van der Waals surface area contributed by atoms with Crippen molar-refractivity contribution >= 4 is 17.6 Å². The number of nitrogens with zero attached hydrogens (tertiary/aromatic N) is 1. The fraction of sp³-hybridized carbons (Fsp3) is 0.429. The molecular weight excluding hydrogens is 266 g/mol. The molecule has 1 atom stereocenters. The summed E-state index contributed by atoms with van der Waals surface area (Å²) in [7, 11) is 0. The van der Waals surface area contributed by atoms with Crippen molar-refractivity contribution < 1.29 is 14.3 Å². The summed E-state index contributed by atoms with van der Waals surface area (Å²) in [6.45, 7) is 4.03. The van der Waals surface area contributed by atoms with E-state index in [0.29, 0.717) is 29.4 Å². The van der Waals surface area contributed by atoms with E-state index in [2.05, 4.69) is 0 Å². The predicted octanol–water partition coefficient (Wildman–Crippen LogP) is 3.32. The highest BCUT2D eigenvalue weighted by Crippen LogP contribution is 2.23. The van der Waals surface area contributed by atoms with E-state index >= 15 is 0 Å². The molecule has 0 heterocycles. The Kier molecular flexibility index (Phi) is 6.17. The second-order valence-electron chi connectivity index (χ2n) is 3.90. The molecule has 0 fully saturated rings. The zero-order valence-corrected chi connectivity index (χ0v) is 11.7. The van der Waals surface area contributed by atoms with Crippen LogP contribution >= 0.6 is 11.6 Å². The van der Waals surface area contributed by atoms with E-state index in [1.165, 1.54) is 6.07 Å². The number of hydrogen-bond acceptors (Lipinski definition) is 4. The Labute approximate surface area is 117 Å². The summed E-state index contributed by atoms with van der Waals surface area (Å²) in [5.74, 6) is 0.0698. The number of esters is 1. The Morgan fingerprint density at radius 1 is 1.47 bits per heavy atom. The van der Waals surface area contributed by atoms with Gasteiger partial charge in [-0.3, -0.25) is 0 Å². The fourth-order valence-corrected chi connectivity index (χ4v) is 1.76. The molecule has 0 aliphatic rings. The SMILES string of the molecule is CCCC(Oc1ccc(C#N)c(Cl)c1)C(=O)OCC. The van der Waals surface area contributed by atoms with Crippen molar-refractivity contribution in [3.8, 4) is 11.8 Å². The van der Waals surface area contributed by atoms with E-state index in [0.717, 1.165) is 6.42 Å². The molecule has 0 aliphatic heterocycles. The minimum Gasteiger partial charge on any atom is -0.479 e. The van der Waals surface area contributed by atoms with Gasteiger partial charge in [0.2, 0.25) is 0 Å². The van der Waals surface area contributed by atoms with Gasteiger partial charge < -0.3 is 9.47 Å². The standard InChI is InChI=1S/C14H16ClNO3/c1-3-5-13(14(17)18-4-2)19-11-7-6-10(9-16)12(15)8-11/h6-8,13H,3-5H2,1-2H3. The summed E-state index contributed by atoms with van der Waals surface area (Å²) in [6, 6.07) is 6.67. The Morgan fingerprint density at radius 3 is 2.74 bits per heavy atom. The van der Waals surface area contributed by atoms with Crippen molar-refractivity contribution in [1.82, 2.24) is 0 Å². The van der Waals surface area contributed by atoms with Crippen LogP contribution in [-0.2, 0) is 9.53 Å². The fourth-order valence-electron chi connectivity index (χ4n) is 1.55. The van der Waals surface area contributed by atoms with Gasteiger partial charge >= 0.3 is 5.97 Å². The predicted molar refractivity (Wildman–Crippen MR) is 72.1 cm³/mol. The van der Waals surface area contributed by atoms with Crippen molar-refractivity contribution in [3.63, 3.8) is 0 Å². The minimum atomic E-state index is -0.644. The Balaban J connectivity index is 2.82. The quantitative estimate of drug-likeness (QED) is 0.751. The van der Waals surface area contributed by atoms with Gasteiger partial charge in [-0.2, -0.15) is 5.26 Å². The molecule has 1 rings (SSSR count). The first-order valence-corrected chi connectivity index (χ1v) is 6.53. The van der Waals surface area contributed by atoms with Gasteiger partial charge in [0, 0.05) is 6.07 Å². The first kappa shape index (κ1) is 15.3. The van der Waals surface area contributed by atoms with Gasteiger partial charge in [0.05, 0.1) is 17.2 Å². The summed E-state index contributed by atoms with van der Waals surface area (Å²) in [6.07, 6.45) is 0.721. The average molecular weight is 282 g/mol. The van der Waals surface area contributed by atoms with Crippen molar-refractivity contribution in [2.45, 2.75) is 32.8 Å². The van der Waals surface area contributed by atoms with Crippen LogP contribution in [-0.4, -0.2) is 18.7 Å². The van der Waals surface area contributed by atoms with Gasteiger partial charge in [-0.15, -0.1) is 0 Å². The monoisotopic (exact) mass is 281 g/mol. The molecule has 0 saturated heterocycles. The van der Waals surface area contributed by atoms with E-state index in [-0.39, 0.29) is 5.97 Å². The number of carbonyl (C=O) groups is 1. The second kappa shape index (κ2) is 7.65. The van der Waals surface area contributed by atoms with Crippen molar-refractivity contribution in [1.29, 1.82) is 5.26 Å². The van der Waals surface area contributed by atoms with Crippen LogP contribution < -0.4 is 4.74 Å².